The zero-order valence-electron chi connectivity index (χ0n) is 11.9. The van der Waals surface area contributed by atoms with Gasteiger partial charge in [-0.2, -0.15) is 0 Å². The minimum Gasteiger partial charge on any atom is -0.249 e. The zero-order chi connectivity index (χ0) is 14.4. The van der Waals surface area contributed by atoms with E-state index in [1.165, 1.54) is 20.5 Å². The predicted octanol–water partition coefficient (Wildman–Crippen LogP) is 5.13. The molecule has 0 atom stereocenters. The van der Waals surface area contributed by atoms with Crippen molar-refractivity contribution in [3.05, 3.63) is 59.8 Å². The van der Waals surface area contributed by atoms with E-state index in [0.29, 0.717) is 0 Å². The summed E-state index contributed by atoms with van der Waals surface area (Å²) in [5, 5.41) is 1.31. The summed E-state index contributed by atoms with van der Waals surface area (Å²) in [6, 6.07) is 16.6. The van der Waals surface area contributed by atoms with Gasteiger partial charge >= 0.3 is 0 Å². The highest BCUT2D eigenvalue weighted by atomic mass is 32.1. The molecule has 2 aromatic carbocycles. The van der Waals surface area contributed by atoms with Crippen LogP contribution in [0.2, 0.25) is 0 Å². The standard InChI is InChI=1S/C18H14N2S/c1-11-13-7-3-6-10-16(13)21-18(11)17-12(2)19-14-8-4-5-9-15(14)20-17/h3-10H,1-2H3. The lowest BCUT2D eigenvalue weighted by Gasteiger charge is -2.05. The third-order valence-electron chi connectivity index (χ3n) is 3.80. The summed E-state index contributed by atoms with van der Waals surface area (Å²) in [5.74, 6) is 0. The number of hydrogen-bond donors (Lipinski definition) is 0. The highest BCUT2D eigenvalue weighted by Crippen LogP contribution is 2.38. The van der Waals surface area contributed by atoms with E-state index >= 15 is 0 Å². The number of rotatable bonds is 1. The van der Waals surface area contributed by atoms with Crippen LogP contribution in [0.25, 0.3) is 31.7 Å². The summed E-state index contributed by atoms with van der Waals surface area (Å²) in [5.41, 5.74) is 5.20. The first kappa shape index (κ1) is 12.5. The Morgan fingerprint density at radius 1 is 0.810 bits per heavy atom. The number of fused-ring (bicyclic) bond motifs is 2. The monoisotopic (exact) mass is 290 g/mol. The second kappa shape index (κ2) is 4.64. The molecule has 102 valence electrons. The van der Waals surface area contributed by atoms with E-state index in [-0.39, 0.29) is 0 Å². The van der Waals surface area contributed by atoms with E-state index in [2.05, 4.69) is 31.2 Å². The number of hydrogen-bond acceptors (Lipinski definition) is 3. The lowest BCUT2D eigenvalue weighted by atomic mass is 10.1. The molecule has 0 aliphatic heterocycles. The molecule has 0 N–H and O–H groups in total. The molecule has 0 fully saturated rings. The van der Waals surface area contributed by atoms with E-state index in [0.717, 1.165) is 22.4 Å². The average molecular weight is 290 g/mol. The lowest BCUT2D eigenvalue weighted by molar-refractivity contribution is 1.19. The van der Waals surface area contributed by atoms with Crippen LogP contribution in [0.15, 0.2) is 48.5 Å². The molecule has 3 heteroatoms. The molecule has 0 bridgehead atoms. The van der Waals surface area contributed by atoms with Gasteiger partial charge in [-0.1, -0.05) is 30.3 Å². The number of thiophene rings is 1. The molecule has 0 aliphatic carbocycles. The molecule has 2 heterocycles. The van der Waals surface area contributed by atoms with Gasteiger partial charge in [0.25, 0.3) is 0 Å². The van der Waals surface area contributed by atoms with E-state index < -0.39 is 0 Å². The molecule has 0 saturated heterocycles. The largest absolute Gasteiger partial charge is 0.249 e. The normalized spacial score (nSPS) is 11.3. The van der Waals surface area contributed by atoms with Gasteiger partial charge in [0, 0.05) is 4.70 Å². The predicted molar refractivity (Wildman–Crippen MR) is 89.8 cm³/mol. The van der Waals surface area contributed by atoms with Crippen molar-refractivity contribution in [2.75, 3.05) is 0 Å². The summed E-state index contributed by atoms with van der Waals surface area (Å²) in [7, 11) is 0. The summed E-state index contributed by atoms with van der Waals surface area (Å²) in [6.07, 6.45) is 0. The molecule has 0 radical (unpaired) electrons. The van der Waals surface area contributed by atoms with Gasteiger partial charge in [0.15, 0.2) is 0 Å². The Hall–Kier alpha value is -2.26. The Kier molecular flexibility index (Phi) is 2.76. The fourth-order valence-electron chi connectivity index (χ4n) is 2.70. The van der Waals surface area contributed by atoms with Crippen LogP contribution in [0, 0.1) is 13.8 Å². The first-order valence-electron chi connectivity index (χ1n) is 6.96. The number of aromatic nitrogens is 2. The van der Waals surface area contributed by atoms with Crippen LogP contribution in [0.5, 0.6) is 0 Å². The van der Waals surface area contributed by atoms with E-state index in [4.69, 9.17) is 9.97 Å². The first-order valence-corrected chi connectivity index (χ1v) is 7.77. The molecule has 0 spiro atoms. The maximum absolute atomic E-state index is 4.85. The topological polar surface area (TPSA) is 25.8 Å². The van der Waals surface area contributed by atoms with Crippen LogP contribution in [-0.4, -0.2) is 9.97 Å². The summed E-state index contributed by atoms with van der Waals surface area (Å²) >= 11 is 1.80. The third kappa shape index (κ3) is 1.93. The number of aryl methyl sites for hydroxylation is 2. The molecule has 2 aromatic heterocycles. The number of nitrogens with zero attached hydrogens (tertiary/aromatic N) is 2. The molecule has 0 amide bonds. The van der Waals surface area contributed by atoms with Gasteiger partial charge in [-0.15, -0.1) is 11.3 Å². The molecule has 21 heavy (non-hydrogen) atoms. The molecule has 0 saturated carbocycles. The molecule has 0 aliphatic rings. The Labute approximate surface area is 127 Å². The molecule has 2 nitrogen and oxygen atoms in total. The lowest BCUT2D eigenvalue weighted by Crippen LogP contribution is -1.93. The van der Waals surface area contributed by atoms with Crippen molar-refractivity contribution in [3.63, 3.8) is 0 Å². The van der Waals surface area contributed by atoms with Crippen molar-refractivity contribution in [1.82, 2.24) is 9.97 Å². The fourth-order valence-corrected chi connectivity index (χ4v) is 3.95. The highest BCUT2D eigenvalue weighted by Gasteiger charge is 2.14. The van der Waals surface area contributed by atoms with Gasteiger partial charge < -0.3 is 0 Å². The van der Waals surface area contributed by atoms with Crippen molar-refractivity contribution in [2.24, 2.45) is 0 Å². The minimum atomic E-state index is 0.954. The fraction of sp³-hybridized carbons (Fsp3) is 0.111. The van der Waals surface area contributed by atoms with Gasteiger partial charge in [-0.25, -0.2) is 9.97 Å². The molecular weight excluding hydrogens is 276 g/mol. The maximum atomic E-state index is 4.85. The van der Waals surface area contributed by atoms with Crippen LogP contribution in [0.1, 0.15) is 11.3 Å². The number of para-hydroxylation sites is 2. The van der Waals surface area contributed by atoms with Crippen LogP contribution >= 0.6 is 11.3 Å². The molecule has 4 aromatic rings. The summed E-state index contributed by atoms with van der Waals surface area (Å²) in [6.45, 7) is 4.21. The van der Waals surface area contributed by atoms with E-state index in [9.17, 15) is 0 Å². The Morgan fingerprint density at radius 2 is 1.48 bits per heavy atom. The highest BCUT2D eigenvalue weighted by molar-refractivity contribution is 7.22. The Morgan fingerprint density at radius 3 is 2.24 bits per heavy atom. The third-order valence-corrected chi connectivity index (χ3v) is 5.08. The second-order valence-corrected chi connectivity index (χ2v) is 6.25. The SMILES string of the molecule is Cc1nc2ccccc2nc1-c1sc2ccccc2c1C. The second-order valence-electron chi connectivity index (χ2n) is 5.20. The minimum absolute atomic E-state index is 0.954. The molecule has 0 unspecified atom stereocenters. The van der Waals surface area contributed by atoms with Crippen molar-refractivity contribution in [3.8, 4) is 10.6 Å². The molecule has 4 rings (SSSR count). The molecular formula is C18H14N2S. The Bertz CT molecular complexity index is 969. The van der Waals surface area contributed by atoms with Crippen molar-refractivity contribution in [2.45, 2.75) is 13.8 Å². The van der Waals surface area contributed by atoms with Gasteiger partial charge in [0.2, 0.25) is 0 Å². The van der Waals surface area contributed by atoms with Crippen LogP contribution < -0.4 is 0 Å². The van der Waals surface area contributed by atoms with Crippen molar-refractivity contribution in [1.29, 1.82) is 0 Å². The quantitative estimate of drug-likeness (QED) is 0.486. The smallest absolute Gasteiger partial charge is 0.102 e. The van der Waals surface area contributed by atoms with Crippen LogP contribution in [0.3, 0.4) is 0 Å². The average Bonchev–Trinajstić information content (AvgIpc) is 2.84. The van der Waals surface area contributed by atoms with E-state index in [1.807, 2.05) is 31.2 Å². The van der Waals surface area contributed by atoms with Gasteiger partial charge in [-0.05, 0) is 43.0 Å². The van der Waals surface area contributed by atoms with Crippen LogP contribution in [0.4, 0.5) is 0 Å². The van der Waals surface area contributed by atoms with Crippen LogP contribution in [-0.2, 0) is 0 Å². The number of benzene rings is 2. The van der Waals surface area contributed by atoms with Gasteiger partial charge in [0.05, 0.1) is 21.6 Å². The maximum Gasteiger partial charge on any atom is 0.102 e. The van der Waals surface area contributed by atoms with Crippen molar-refractivity contribution < 1.29 is 0 Å². The Balaban J connectivity index is 2.03. The van der Waals surface area contributed by atoms with E-state index in [1.54, 1.807) is 11.3 Å². The summed E-state index contributed by atoms with van der Waals surface area (Å²) in [4.78, 5) is 10.8. The van der Waals surface area contributed by atoms with Gasteiger partial charge in [0.1, 0.15) is 5.69 Å². The van der Waals surface area contributed by atoms with Gasteiger partial charge in [-0.3, -0.25) is 0 Å². The summed E-state index contributed by atoms with van der Waals surface area (Å²) < 4.78 is 1.30. The first-order chi connectivity index (χ1) is 10.2. The zero-order valence-corrected chi connectivity index (χ0v) is 12.7. The van der Waals surface area contributed by atoms with Crippen molar-refractivity contribution >= 4 is 32.5 Å².